The van der Waals surface area contributed by atoms with Gasteiger partial charge < -0.3 is 10.6 Å². The Morgan fingerprint density at radius 2 is 2.10 bits per heavy atom. The second kappa shape index (κ2) is 7.77. The number of halogens is 2. The fourth-order valence-electron chi connectivity index (χ4n) is 1.76. The van der Waals surface area contributed by atoms with Crippen LogP contribution >= 0.6 is 39.7 Å². The Kier molecular flexibility index (Phi) is 6.02. The summed E-state index contributed by atoms with van der Waals surface area (Å²) in [7, 11) is 0. The Bertz CT molecular complexity index is 592. The van der Waals surface area contributed by atoms with Gasteiger partial charge in [0.1, 0.15) is 0 Å². The van der Waals surface area contributed by atoms with E-state index in [-0.39, 0.29) is 0 Å². The predicted octanol–water partition coefficient (Wildman–Crippen LogP) is 3.98. The summed E-state index contributed by atoms with van der Waals surface area (Å²) >= 11 is 14.5. The third-order valence-electron chi connectivity index (χ3n) is 2.84. The maximum Gasteiger partial charge on any atom is 0.170 e. The van der Waals surface area contributed by atoms with E-state index in [1.165, 1.54) is 0 Å². The average Bonchev–Trinajstić information content (AvgIpc) is 2.76. The molecule has 4 nitrogen and oxygen atoms in total. The zero-order chi connectivity index (χ0) is 15.2. The molecule has 0 saturated heterocycles. The Labute approximate surface area is 143 Å². The molecule has 0 fully saturated rings. The molecule has 2 aromatic rings. The fraction of sp³-hybridized carbons (Fsp3) is 0.286. The Hall–Kier alpha value is -1.11. The molecule has 0 bridgehead atoms. The maximum absolute atomic E-state index is 5.83. The topological polar surface area (TPSA) is 41.9 Å². The lowest BCUT2D eigenvalue weighted by molar-refractivity contribution is 0.570. The lowest BCUT2D eigenvalue weighted by Gasteiger charge is -2.10. The third-order valence-corrected chi connectivity index (χ3v) is 4.12. The smallest absolute Gasteiger partial charge is 0.170 e. The number of hydrogen-bond acceptors (Lipinski definition) is 2. The zero-order valence-electron chi connectivity index (χ0n) is 11.6. The number of benzene rings is 1. The van der Waals surface area contributed by atoms with Gasteiger partial charge in [0.15, 0.2) is 5.11 Å². The molecule has 1 aromatic carbocycles. The summed E-state index contributed by atoms with van der Waals surface area (Å²) < 4.78 is 2.96. The molecular formula is C14H16BrClN4S. The second-order valence-electron chi connectivity index (χ2n) is 4.57. The number of rotatable bonds is 5. The first-order valence-corrected chi connectivity index (χ1v) is 8.12. The number of anilines is 1. The number of aryl methyl sites for hydroxylation is 2. The van der Waals surface area contributed by atoms with Gasteiger partial charge in [-0.3, -0.25) is 4.68 Å². The van der Waals surface area contributed by atoms with E-state index in [1.54, 1.807) is 0 Å². The normalized spacial score (nSPS) is 10.4. The first-order valence-electron chi connectivity index (χ1n) is 6.54. The van der Waals surface area contributed by atoms with Gasteiger partial charge >= 0.3 is 0 Å². The monoisotopic (exact) mass is 386 g/mol. The van der Waals surface area contributed by atoms with Crippen LogP contribution in [0.1, 0.15) is 12.1 Å². The summed E-state index contributed by atoms with van der Waals surface area (Å²) in [5.41, 5.74) is 1.92. The molecule has 0 amide bonds. The van der Waals surface area contributed by atoms with Crippen LogP contribution in [0.3, 0.4) is 0 Å². The molecule has 7 heteroatoms. The highest BCUT2D eigenvalue weighted by Gasteiger charge is 2.01. The molecule has 1 aromatic heterocycles. The van der Waals surface area contributed by atoms with Crippen LogP contribution in [0.5, 0.6) is 0 Å². The van der Waals surface area contributed by atoms with E-state index < -0.39 is 0 Å². The van der Waals surface area contributed by atoms with Crippen LogP contribution in [0.25, 0.3) is 0 Å². The van der Waals surface area contributed by atoms with E-state index in [0.29, 0.717) is 10.1 Å². The molecule has 2 rings (SSSR count). The van der Waals surface area contributed by atoms with Crippen molar-refractivity contribution >= 4 is 50.5 Å². The van der Waals surface area contributed by atoms with Crippen LogP contribution in [0, 0.1) is 6.92 Å². The minimum Gasteiger partial charge on any atom is -0.362 e. The molecule has 2 N–H and O–H groups in total. The van der Waals surface area contributed by atoms with Crippen molar-refractivity contribution in [2.24, 2.45) is 0 Å². The number of hydrogen-bond donors (Lipinski definition) is 2. The molecule has 21 heavy (non-hydrogen) atoms. The first kappa shape index (κ1) is 16.3. The minimum absolute atomic E-state index is 0.607. The van der Waals surface area contributed by atoms with Crippen LogP contribution in [0.15, 0.2) is 34.9 Å². The van der Waals surface area contributed by atoms with Crippen LogP contribution in [-0.2, 0) is 6.54 Å². The van der Waals surface area contributed by atoms with Crippen molar-refractivity contribution in [1.82, 2.24) is 15.1 Å². The highest BCUT2D eigenvalue weighted by Crippen LogP contribution is 2.14. The standard InChI is InChI=1S/C14H16BrClN4S/c1-10-13(15)9-20(19-10)8-2-7-17-14(21)18-12-5-3-11(16)4-6-12/h3-6,9H,2,7-8H2,1H3,(H2,17,18,21). The zero-order valence-corrected chi connectivity index (χ0v) is 14.7. The second-order valence-corrected chi connectivity index (χ2v) is 6.27. The Morgan fingerprint density at radius 3 is 2.71 bits per heavy atom. The quantitative estimate of drug-likeness (QED) is 0.601. The van der Waals surface area contributed by atoms with Gasteiger partial charge in [-0.05, 0) is 65.8 Å². The molecule has 0 atom stereocenters. The lowest BCUT2D eigenvalue weighted by Crippen LogP contribution is -2.29. The van der Waals surface area contributed by atoms with Crippen molar-refractivity contribution in [2.75, 3.05) is 11.9 Å². The fourth-order valence-corrected chi connectivity index (χ4v) is 2.42. The summed E-state index contributed by atoms with van der Waals surface area (Å²) in [4.78, 5) is 0. The molecule has 0 aliphatic heterocycles. The van der Waals surface area contributed by atoms with Crippen LogP contribution in [0.2, 0.25) is 5.02 Å². The van der Waals surface area contributed by atoms with E-state index >= 15 is 0 Å². The maximum atomic E-state index is 5.83. The molecule has 0 saturated carbocycles. The molecule has 0 radical (unpaired) electrons. The molecule has 112 valence electrons. The van der Waals surface area contributed by atoms with Crippen LogP contribution < -0.4 is 10.6 Å². The van der Waals surface area contributed by atoms with Gasteiger partial charge in [-0.15, -0.1) is 0 Å². The number of aromatic nitrogens is 2. The van der Waals surface area contributed by atoms with Crippen LogP contribution in [0.4, 0.5) is 5.69 Å². The van der Waals surface area contributed by atoms with Crippen LogP contribution in [-0.4, -0.2) is 21.4 Å². The van der Waals surface area contributed by atoms with Crippen molar-refractivity contribution in [2.45, 2.75) is 19.9 Å². The SMILES string of the molecule is Cc1nn(CCCNC(=S)Nc2ccc(Cl)cc2)cc1Br. The third kappa shape index (κ3) is 5.30. The highest BCUT2D eigenvalue weighted by molar-refractivity contribution is 9.10. The van der Waals surface area contributed by atoms with Crippen molar-refractivity contribution in [1.29, 1.82) is 0 Å². The summed E-state index contributed by atoms with van der Waals surface area (Å²) in [5, 5.41) is 12.0. The van der Waals surface area contributed by atoms with Crippen molar-refractivity contribution in [3.8, 4) is 0 Å². The number of nitrogens with one attached hydrogen (secondary N) is 2. The Morgan fingerprint density at radius 1 is 1.38 bits per heavy atom. The average molecular weight is 388 g/mol. The molecule has 0 aliphatic rings. The number of nitrogens with zero attached hydrogens (tertiary/aromatic N) is 2. The van der Waals surface area contributed by atoms with Crippen molar-refractivity contribution < 1.29 is 0 Å². The molecular weight excluding hydrogens is 372 g/mol. The lowest BCUT2D eigenvalue weighted by atomic mass is 10.3. The van der Waals surface area contributed by atoms with E-state index in [4.69, 9.17) is 23.8 Å². The van der Waals surface area contributed by atoms with E-state index in [9.17, 15) is 0 Å². The summed E-state index contributed by atoms with van der Waals surface area (Å²) in [6.45, 7) is 3.61. The van der Waals surface area contributed by atoms with E-state index in [1.807, 2.05) is 42.1 Å². The van der Waals surface area contributed by atoms with Gasteiger partial charge in [0, 0.05) is 30.0 Å². The first-order chi connectivity index (χ1) is 10.0. The number of thiocarbonyl (C=S) groups is 1. The Balaban J connectivity index is 1.68. The summed E-state index contributed by atoms with van der Waals surface area (Å²) in [6.07, 6.45) is 2.93. The van der Waals surface area contributed by atoms with E-state index in [2.05, 4.69) is 31.7 Å². The predicted molar refractivity (Wildman–Crippen MR) is 95.0 cm³/mol. The molecule has 0 aliphatic carbocycles. The molecule has 0 unspecified atom stereocenters. The van der Waals surface area contributed by atoms with Gasteiger partial charge in [-0.1, -0.05) is 11.6 Å². The van der Waals surface area contributed by atoms with Gasteiger partial charge in [-0.25, -0.2) is 0 Å². The highest BCUT2D eigenvalue weighted by atomic mass is 79.9. The van der Waals surface area contributed by atoms with Crippen molar-refractivity contribution in [3.63, 3.8) is 0 Å². The van der Waals surface area contributed by atoms with Gasteiger partial charge in [0.05, 0.1) is 10.2 Å². The van der Waals surface area contributed by atoms with Gasteiger partial charge in [-0.2, -0.15) is 5.10 Å². The molecule has 1 heterocycles. The molecule has 0 spiro atoms. The van der Waals surface area contributed by atoms with Crippen molar-refractivity contribution in [3.05, 3.63) is 45.7 Å². The van der Waals surface area contributed by atoms with Gasteiger partial charge in [0.25, 0.3) is 0 Å². The largest absolute Gasteiger partial charge is 0.362 e. The summed E-state index contributed by atoms with van der Waals surface area (Å²) in [6, 6.07) is 7.43. The van der Waals surface area contributed by atoms with E-state index in [0.717, 1.165) is 35.4 Å². The van der Waals surface area contributed by atoms with Gasteiger partial charge in [0.2, 0.25) is 0 Å². The minimum atomic E-state index is 0.607. The summed E-state index contributed by atoms with van der Waals surface area (Å²) in [5.74, 6) is 0.